The van der Waals surface area contributed by atoms with Crippen LogP contribution in [0.2, 0.25) is 0 Å². The van der Waals surface area contributed by atoms with Crippen molar-refractivity contribution in [3.63, 3.8) is 0 Å². The van der Waals surface area contributed by atoms with Crippen LogP contribution >= 0.6 is 0 Å². The van der Waals surface area contributed by atoms with Crippen LogP contribution in [0.3, 0.4) is 0 Å². The number of hydrogen-bond donors (Lipinski definition) is 6. The number of rotatable bonds is 16. The molecular weight excluding hydrogens is 376 g/mol. The van der Waals surface area contributed by atoms with Crippen molar-refractivity contribution in [2.45, 2.75) is 110 Å². The van der Waals surface area contributed by atoms with Crippen LogP contribution in [0.15, 0.2) is 11.6 Å². The van der Waals surface area contributed by atoms with Gasteiger partial charge in [0.05, 0.1) is 6.10 Å². The lowest BCUT2D eigenvalue weighted by Gasteiger charge is -2.27. The van der Waals surface area contributed by atoms with Gasteiger partial charge < -0.3 is 30.6 Å². The SMILES string of the molecule is CC(=CCCC(O)[C@H](O)[C@@H](O)[C@H](O)[C@H](O)C(=O)O)CCCC(C)CCCC(C)C. The van der Waals surface area contributed by atoms with Crippen LogP contribution in [0.4, 0.5) is 0 Å². The number of hydrogen-bond acceptors (Lipinski definition) is 6. The molecule has 0 aliphatic rings. The second-order valence-electron chi connectivity index (χ2n) is 8.77. The van der Waals surface area contributed by atoms with Gasteiger partial charge in [0.15, 0.2) is 6.10 Å². The van der Waals surface area contributed by atoms with Crippen molar-refractivity contribution in [2.75, 3.05) is 0 Å². The van der Waals surface area contributed by atoms with Gasteiger partial charge in [-0.2, -0.15) is 0 Å². The molecule has 0 spiro atoms. The Hall–Kier alpha value is -0.990. The average Bonchev–Trinajstić information content (AvgIpc) is 2.64. The summed E-state index contributed by atoms with van der Waals surface area (Å²) in [7, 11) is 0. The van der Waals surface area contributed by atoms with Crippen molar-refractivity contribution >= 4 is 5.97 Å². The summed E-state index contributed by atoms with van der Waals surface area (Å²) in [4.78, 5) is 10.6. The predicted octanol–water partition coefficient (Wildman–Crippen LogP) is 2.23. The van der Waals surface area contributed by atoms with E-state index < -0.39 is 36.5 Å². The van der Waals surface area contributed by atoms with Gasteiger partial charge in [-0.1, -0.05) is 58.1 Å². The molecule has 0 saturated heterocycles. The monoisotopic (exact) mass is 418 g/mol. The maximum absolute atomic E-state index is 10.6. The molecule has 0 bridgehead atoms. The van der Waals surface area contributed by atoms with Crippen LogP contribution in [-0.4, -0.2) is 67.1 Å². The van der Waals surface area contributed by atoms with E-state index in [-0.39, 0.29) is 6.42 Å². The topological polar surface area (TPSA) is 138 Å². The van der Waals surface area contributed by atoms with Gasteiger partial charge in [-0.05, 0) is 44.4 Å². The third kappa shape index (κ3) is 12.3. The highest BCUT2D eigenvalue weighted by molar-refractivity contribution is 5.72. The molecule has 0 aliphatic heterocycles. The summed E-state index contributed by atoms with van der Waals surface area (Å²) in [6.45, 7) is 8.81. The highest BCUT2D eigenvalue weighted by Crippen LogP contribution is 2.20. The van der Waals surface area contributed by atoms with Crippen molar-refractivity contribution < 1.29 is 35.4 Å². The van der Waals surface area contributed by atoms with E-state index in [4.69, 9.17) is 5.11 Å². The Balaban J connectivity index is 4.17. The minimum atomic E-state index is -2.23. The van der Waals surface area contributed by atoms with Crippen LogP contribution in [0.1, 0.15) is 79.1 Å². The minimum Gasteiger partial charge on any atom is -0.479 e. The molecule has 0 aromatic heterocycles. The quantitative estimate of drug-likeness (QED) is 0.211. The molecule has 0 radical (unpaired) electrons. The largest absolute Gasteiger partial charge is 0.479 e. The van der Waals surface area contributed by atoms with E-state index in [1.165, 1.54) is 31.3 Å². The first-order valence-electron chi connectivity index (χ1n) is 10.8. The minimum absolute atomic E-state index is 0.150. The number of allylic oxidation sites excluding steroid dienone is 2. The summed E-state index contributed by atoms with van der Waals surface area (Å²) in [5.74, 6) is -0.244. The molecule has 0 saturated carbocycles. The maximum Gasteiger partial charge on any atom is 0.335 e. The number of aliphatic carboxylic acids is 1. The van der Waals surface area contributed by atoms with Gasteiger partial charge in [0, 0.05) is 0 Å². The fraction of sp³-hybridized carbons (Fsp3) is 0.864. The second kappa shape index (κ2) is 14.9. The fourth-order valence-electron chi connectivity index (χ4n) is 3.28. The standard InChI is InChI=1S/C22H42O7/c1-14(2)8-5-9-15(3)10-6-11-16(4)12-7-13-17(23)18(24)19(25)20(26)21(27)22(28)29/h12,14-15,17-21,23-27H,5-11,13H2,1-4H3,(H,28,29)/t15?,17?,18-,19+,20-,21-/m0/s1. The van der Waals surface area contributed by atoms with E-state index in [0.717, 1.165) is 18.8 Å². The Kier molecular flexibility index (Phi) is 14.4. The Labute approximate surface area is 175 Å². The smallest absolute Gasteiger partial charge is 0.335 e. The highest BCUT2D eigenvalue weighted by atomic mass is 16.4. The lowest BCUT2D eigenvalue weighted by atomic mass is 9.94. The lowest BCUT2D eigenvalue weighted by molar-refractivity contribution is -0.168. The van der Waals surface area contributed by atoms with E-state index in [1.807, 2.05) is 13.0 Å². The lowest BCUT2D eigenvalue weighted by Crippen LogP contribution is -2.51. The molecule has 6 atom stereocenters. The third-order valence-electron chi connectivity index (χ3n) is 5.37. The first kappa shape index (κ1) is 28.0. The second-order valence-corrected chi connectivity index (χ2v) is 8.77. The average molecular weight is 419 g/mol. The molecule has 7 nitrogen and oxygen atoms in total. The first-order valence-corrected chi connectivity index (χ1v) is 10.8. The molecule has 7 heteroatoms. The highest BCUT2D eigenvalue weighted by Gasteiger charge is 2.36. The van der Waals surface area contributed by atoms with E-state index in [1.54, 1.807) is 0 Å². The van der Waals surface area contributed by atoms with E-state index in [9.17, 15) is 30.3 Å². The van der Waals surface area contributed by atoms with Gasteiger partial charge in [-0.15, -0.1) is 0 Å². The Morgan fingerprint density at radius 1 is 0.828 bits per heavy atom. The molecule has 0 heterocycles. The number of aliphatic hydroxyl groups excluding tert-OH is 5. The molecule has 29 heavy (non-hydrogen) atoms. The fourth-order valence-corrected chi connectivity index (χ4v) is 3.28. The van der Waals surface area contributed by atoms with Gasteiger partial charge in [0.2, 0.25) is 0 Å². The van der Waals surface area contributed by atoms with E-state index >= 15 is 0 Å². The molecule has 0 rings (SSSR count). The number of carboxylic acid groups (broad SMARTS) is 1. The molecule has 2 unspecified atom stereocenters. The van der Waals surface area contributed by atoms with Gasteiger partial charge >= 0.3 is 5.97 Å². The summed E-state index contributed by atoms with van der Waals surface area (Å²) < 4.78 is 0. The van der Waals surface area contributed by atoms with Crippen molar-refractivity contribution in [3.05, 3.63) is 11.6 Å². The maximum atomic E-state index is 10.6. The molecule has 0 aromatic rings. The van der Waals surface area contributed by atoms with Crippen LogP contribution in [0.5, 0.6) is 0 Å². The first-order chi connectivity index (χ1) is 13.5. The van der Waals surface area contributed by atoms with Crippen molar-refractivity contribution in [1.29, 1.82) is 0 Å². The predicted molar refractivity (Wildman–Crippen MR) is 112 cm³/mol. The van der Waals surface area contributed by atoms with E-state index in [2.05, 4.69) is 20.8 Å². The molecule has 0 aromatic carbocycles. The number of carbonyl (C=O) groups is 1. The Morgan fingerprint density at radius 3 is 1.97 bits per heavy atom. The zero-order valence-electron chi connectivity index (χ0n) is 18.4. The molecule has 6 N–H and O–H groups in total. The summed E-state index contributed by atoms with van der Waals surface area (Å²) in [6.07, 6.45) is 0.312. The number of carboxylic acids is 1. The molecule has 0 amide bonds. The summed E-state index contributed by atoms with van der Waals surface area (Å²) in [5, 5.41) is 57.0. The van der Waals surface area contributed by atoms with Gasteiger partial charge in [-0.25, -0.2) is 4.79 Å². The zero-order valence-corrected chi connectivity index (χ0v) is 18.4. The van der Waals surface area contributed by atoms with E-state index in [0.29, 0.717) is 12.3 Å². The normalized spacial score (nSPS) is 18.9. The van der Waals surface area contributed by atoms with Crippen molar-refractivity contribution in [3.8, 4) is 0 Å². The van der Waals surface area contributed by atoms with Gasteiger partial charge in [0.1, 0.15) is 18.3 Å². The van der Waals surface area contributed by atoms with Gasteiger partial charge in [0.25, 0.3) is 0 Å². The Morgan fingerprint density at radius 2 is 1.41 bits per heavy atom. The van der Waals surface area contributed by atoms with Crippen molar-refractivity contribution in [2.24, 2.45) is 11.8 Å². The summed E-state index contributed by atoms with van der Waals surface area (Å²) >= 11 is 0. The molecule has 0 aliphatic carbocycles. The van der Waals surface area contributed by atoms with Crippen LogP contribution in [0.25, 0.3) is 0 Å². The number of aliphatic hydroxyl groups is 5. The molecular formula is C22H42O7. The third-order valence-corrected chi connectivity index (χ3v) is 5.37. The van der Waals surface area contributed by atoms with Crippen LogP contribution in [-0.2, 0) is 4.79 Å². The summed E-state index contributed by atoms with van der Waals surface area (Å²) in [6, 6.07) is 0. The van der Waals surface area contributed by atoms with Crippen LogP contribution < -0.4 is 0 Å². The Bertz CT molecular complexity index is 478. The summed E-state index contributed by atoms with van der Waals surface area (Å²) in [5.41, 5.74) is 1.20. The van der Waals surface area contributed by atoms with Gasteiger partial charge in [-0.3, -0.25) is 0 Å². The molecule has 0 fully saturated rings. The molecule has 172 valence electrons. The van der Waals surface area contributed by atoms with Crippen LogP contribution in [0, 0.1) is 11.8 Å². The zero-order chi connectivity index (χ0) is 22.6. The van der Waals surface area contributed by atoms with Crippen molar-refractivity contribution in [1.82, 2.24) is 0 Å².